The van der Waals surface area contributed by atoms with Gasteiger partial charge in [-0.05, 0) is 35.7 Å². The van der Waals surface area contributed by atoms with Gasteiger partial charge in [0.25, 0.3) is 0 Å². The number of ketones is 1. The molecular weight excluding hydrogens is 312 g/mol. The number of carbonyl (C=O) groups is 1. The first-order valence-electron chi connectivity index (χ1n) is 8.90. The molecule has 4 nitrogen and oxygen atoms in total. The Hall–Kier alpha value is -2.62. The van der Waals surface area contributed by atoms with Gasteiger partial charge < -0.3 is 9.32 Å². The lowest BCUT2D eigenvalue weighted by molar-refractivity contribution is -0.118. The fourth-order valence-corrected chi connectivity index (χ4v) is 3.51. The van der Waals surface area contributed by atoms with Crippen LogP contribution in [-0.4, -0.2) is 25.1 Å². The van der Waals surface area contributed by atoms with Crippen LogP contribution in [-0.2, 0) is 24.1 Å². The highest BCUT2D eigenvalue weighted by atomic mass is 16.3. The Morgan fingerprint density at radius 3 is 3.04 bits per heavy atom. The first kappa shape index (κ1) is 15.9. The molecule has 3 heterocycles. The maximum absolute atomic E-state index is 12.3. The minimum Gasteiger partial charge on any atom is -0.469 e. The lowest BCUT2D eigenvalue weighted by atomic mass is 10.0. The van der Waals surface area contributed by atoms with Crippen LogP contribution in [0.3, 0.4) is 0 Å². The van der Waals surface area contributed by atoms with E-state index in [1.54, 1.807) is 6.26 Å². The number of furan rings is 1. The monoisotopic (exact) mass is 334 g/mol. The summed E-state index contributed by atoms with van der Waals surface area (Å²) in [5, 5.41) is 0. The Labute approximate surface area is 147 Å². The van der Waals surface area contributed by atoms with Crippen LogP contribution in [0, 0.1) is 0 Å². The van der Waals surface area contributed by atoms with Crippen LogP contribution in [0.5, 0.6) is 0 Å². The van der Waals surface area contributed by atoms with Crippen molar-refractivity contribution in [3.8, 4) is 0 Å². The van der Waals surface area contributed by atoms with Gasteiger partial charge in [-0.3, -0.25) is 9.79 Å². The molecule has 0 bridgehead atoms. The molecule has 0 spiro atoms. The zero-order valence-electron chi connectivity index (χ0n) is 14.3. The van der Waals surface area contributed by atoms with Crippen molar-refractivity contribution in [3.63, 3.8) is 0 Å². The fraction of sp³-hybridized carbons (Fsp3) is 0.333. The zero-order valence-corrected chi connectivity index (χ0v) is 14.3. The molecule has 0 aliphatic carbocycles. The average molecular weight is 334 g/mol. The average Bonchev–Trinajstić information content (AvgIpc) is 3.36. The van der Waals surface area contributed by atoms with E-state index in [1.807, 2.05) is 18.3 Å². The van der Waals surface area contributed by atoms with Crippen molar-refractivity contribution in [1.82, 2.24) is 0 Å². The van der Waals surface area contributed by atoms with Crippen molar-refractivity contribution in [3.05, 3.63) is 65.3 Å². The normalized spacial score (nSPS) is 15.5. The summed E-state index contributed by atoms with van der Waals surface area (Å²) in [6.07, 6.45) is 9.49. The largest absolute Gasteiger partial charge is 0.469 e. The number of nitrogens with zero attached hydrogens (tertiary/aromatic N) is 2. The van der Waals surface area contributed by atoms with Crippen molar-refractivity contribution >= 4 is 17.7 Å². The second-order valence-corrected chi connectivity index (χ2v) is 6.67. The summed E-state index contributed by atoms with van der Waals surface area (Å²) in [6.45, 7) is 1.89. The molecule has 0 fully saturated rings. The van der Waals surface area contributed by atoms with Gasteiger partial charge in [-0.2, -0.15) is 0 Å². The first-order chi connectivity index (χ1) is 12.3. The van der Waals surface area contributed by atoms with E-state index in [9.17, 15) is 4.79 Å². The summed E-state index contributed by atoms with van der Waals surface area (Å²) in [5.41, 5.74) is 4.88. The molecule has 1 aromatic heterocycles. The van der Waals surface area contributed by atoms with Gasteiger partial charge in [-0.25, -0.2) is 0 Å². The summed E-state index contributed by atoms with van der Waals surface area (Å²) in [7, 11) is 0. The predicted molar refractivity (Wildman–Crippen MR) is 99.3 cm³/mol. The number of anilines is 1. The summed E-state index contributed by atoms with van der Waals surface area (Å²) in [4.78, 5) is 19.1. The van der Waals surface area contributed by atoms with E-state index in [2.05, 4.69) is 34.2 Å². The van der Waals surface area contributed by atoms with Gasteiger partial charge in [-0.15, -0.1) is 0 Å². The second kappa shape index (κ2) is 7.09. The molecule has 0 radical (unpaired) electrons. The standard InChI is InChI=1S/C21H22N2O2/c24-19(7-8-20-4-2-12-25-20)13-16-5-6-17-9-11-23(21(17)14-16)15-18-3-1-10-22-18/h2-6,10,12,14H,1,7-9,11,13,15H2. The molecule has 0 atom stereocenters. The van der Waals surface area contributed by atoms with Gasteiger partial charge in [0.15, 0.2) is 0 Å². The number of Topliss-reactive ketones (excluding diaryl/α,β-unsaturated/α-hetero) is 1. The number of benzene rings is 1. The third-order valence-electron chi connectivity index (χ3n) is 4.84. The number of hydrogen-bond acceptors (Lipinski definition) is 4. The van der Waals surface area contributed by atoms with Crippen LogP contribution in [0.4, 0.5) is 5.69 Å². The molecule has 0 unspecified atom stereocenters. The van der Waals surface area contributed by atoms with E-state index in [4.69, 9.17) is 4.42 Å². The quantitative estimate of drug-likeness (QED) is 0.775. The van der Waals surface area contributed by atoms with E-state index in [0.29, 0.717) is 19.3 Å². The number of allylic oxidation sites excluding steroid dienone is 1. The summed E-state index contributed by atoms with van der Waals surface area (Å²) < 4.78 is 5.30. The molecule has 2 aliphatic rings. The van der Waals surface area contributed by atoms with Gasteiger partial charge in [0.1, 0.15) is 11.5 Å². The van der Waals surface area contributed by atoms with E-state index >= 15 is 0 Å². The highest BCUT2D eigenvalue weighted by Crippen LogP contribution is 2.30. The van der Waals surface area contributed by atoms with Gasteiger partial charge in [0, 0.05) is 44.1 Å². The van der Waals surface area contributed by atoms with Crippen LogP contribution >= 0.6 is 0 Å². The number of aliphatic imine (C=N–C) groups is 1. The molecule has 0 saturated heterocycles. The maximum atomic E-state index is 12.3. The highest BCUT2D eigenvalue weighted by molar-refractivity contribution is 5.81. The number of carbonyl (C=O) groups excluding carboxylic acids is 1. The molecule has 25 heavy (non-hydrogen) atoms. The fourth-order valence-electron chi connectivity index (χ4n) is 3.51. The van der Waals surface area contributed by atoms with Crippen LogP contribution < -0.4 is 4.90 Å². The Balaban J connectivity index is 1.40. The van der Waals surface area contributed by atoms with E-state index in [0.717, 1.165) is 43.0 Å². The van der Waals surface area contributed by atoms with Gasteiger partial charge in [0.05, 0.1) is 18.5 Å². The third kappa shape index (κ3) is 3.73. The Bertz CT molecular complexity index is 818. The van der Waals surface area contributed by atoms with Crippen LogP contribution in [0.25, 0.3) is 0 Å². The van der Waals surface area contributed by atoms with E-state index in [-0.39, 0.29) is 5.78 Å². The van der Waals surface area contributed by atoms with Crippen LogP contribution in [0.15, 0.2) is 57.8 Å². The molecule has 4 rings (SSSR count). The molecule has 1 aromatic carbocycles. The topological polar surface area (TPSA) is 45.8 Å². The Morgan fingerprint density at radius 1 is 1.28 bits per heavy atom. The van der Waals surface area contributed by atoms with E-state index in [1.165, 1.54) is 11.3 Å². The summed E-state index contributed by atoms with van der Waals surface area (Å²) >= 11 is 0. The molecule has 2 aliphatic heterocycles. The maximum Gasteiger partial charge on any atom is 0.137 e. The van der Waals surface area contributed by atoms with Gasteiger partial charge >= 0.3 is 0 Å². The van der Waals surface area contributed by atoms with Crippen molar-refractivity contribution in [1.29, 1.82) is 0 Å². The van der Waals surface area contributed by atoms with Crippen molar-refractivity contribution in [2.45, 2.75) is 32.1 Å². The van der Waals surface area contributed by atoms with Crippen molar-refractivity contribution in [2.75, 3.05) is 18.0 Å². The molecule has 0 amide bonds. The third-order valence-corrected chi connectivity index (χ3v) is 4.84. The zero-order chi connectivity index (χ0) is 17.1. The molecule has 128 valence electrons. The van der Waals surface area contributed by atoms with Crippen molar-refractivity contribution in [2.24, 2.45) is 4.99 Å². The lowest BCUT2D eigenvalue weighted by Gasteiger charge is -2.19. The Kier molecular flexibility index (Phi) is 4.51. The predicted octanol–water partition coefficient (Wildman–Crippen LogP) is 3.74. The minimum atomic E-state index is 0.254. The van der Waals surface area contributed by atoms with Gasteiger partial charge in [-0.1, -0.05) is 18.2 Å². The summed E-state index contributed by atoms with van der Waals surface area (Å²) in [5.74, 6) is 1.13. The molecular formula is C21H22N2O2. The lowest BCUT2D eigenvalue weighted by Crippen LogP contribution is -2.22. The van der Waals surface area contributed by atoms with Crippen LogP contribution in [0.1, 0.15) is 29.7 Å². The smallest absolute Gasteiger partial charge is 0.137 e. The molecule has 4 heteroatoms. The van der Waals surface area contributed by atoms with Crippen LogP contribution in [0.2, 0.25) is 0 Å². The second-order valence-electron chi connectivity index (χ2n) is 6.67. The van der Waals surface area contributed by atoms with Crippen molar-refractivity contribution < 1.29 is 9.21 Å². The Morgan fingerprint density at radius 2 is 2.24 bits per heavy atom. The molecule has 0 saturated carbocycles. The number of fused-ring (bicyclic) bond motifs is 1. The minimum absolute atomic E-state index is 0.254. The SMILES string of the molecule is O=C(CCc1ccco1)Cc1ccc2c(c1)N(CC1=CCC=N1)CC2. The molecule has 0 N–H and O–H groups in total. The summed E-state index contributed by atoms with van der Waals surface area (Å²) in [6, 6.07) is 10.2. The van der Waals surface area contributed by atoms with E-state index < -0.39 is 0 Å². The number of rotatable bonds is 7. The highest BCUT2D eigenvalue weighted by Gasteiger charge is 2.21. The number of hydrogen-bond donors (Lipinski definition) is 0. The van der Waals surface area contributed by atoms with Gasteiger partial charge in [0.2, 0.25) is 0 Å². The molecule has 2 aromatic rings. The first-order valence-corrected chi connectivity index (χ1v) is 8.90. The number of aryl methyl sites for hydroxylation is 1.